The Labute approximate surface area is 444 Å². The number of esters is 1. The van der Waals surface area contributed by atoms with Gasteiger partial charge in [0.05, 0.1) is 37.8 Å². The van der Waals surface area contributed by atoms with E-state index in [1.807, 2.05) is 25.2 Å². The first-order valence-electron chi connectivity index (χ1n) is 25.4. The van der Waals surface area contributed by atoms with Crippen LogP contribution in [0.4, 0.5) is 20.1 Å². The molecule has 3 aliphatic heterocycles. The third kappa shape index (κ3) is 15.9. The Morgan fingerprint density at radius 3 is 2.41 bits per heavy atom. The molecule has 416 valence electrons. The van der Waals surface area contributed by atoms with Crippen molar-refractivity contribution in [2.75, 3.05) is 73.6 Å². The van der Waals surface area contributed by atoms with Crippen molar-refractivity contribution in [2.24, 2.45) is 5.92 Å². The van der Waals surface area contributed by atoms with Crippen molar-refractivity contribution >= 4 is 59.1 Å². The summed E-state index contributed by atoms with van der Waals surface area (Å²) in [6.07, 6.45) is 5.02. The van der Waals surface area contributed by atoms with Gasteiger partial charge in [-0.15, -0.1) is 0 Å². The molecule has 22 heteroatoms. The van der Waals surface area contributed by atoms with Crippen LogP contribution in [0.2, 0.25) is 5.02 Å². The molecule has 0 spiro atoms. The number of allylic oxidation sites excluding steroid dienone is 3. The fourth-order valence-corrected chi connectivity index (χ4v) is 9.45. The second kappa shape index (κ2) is 26.8. The fraction of sp³-hybridized carbons (Fsp3) is 0.642. The number of ether oxygens (including phenoxy) is 8. The SMILES string of the molecule is CCC(=O)COC1C/C=C/C(OC(=O)N(C)CCN(C)C(=O)OCCC(=O)N(C)[C@@H](C)C(=O)O[C@H]2CC(=O)N(C)c3cc(cc(OC)c3Cl)C/C(C)=C/C=C/[C@@H](OC)[C@@]3(O)C[C@H](OC(=O)N3)[C@@H](C)[C@@H]3O[C@@]23C)CCC1. The number of carbonyl (C=O) groups is 7. The predicted octanol–water partition coefficient (Wildman–Crippen LogP) is 5.90. The van der Waals surface area contributed by atoms with Crippen molar-refractivity contribution < 1.29 is 76.6 Å². The zero-order valence-corrected chi connectivity index (χ0v) is 45.8. The number of ketones is 1. The number of nitrogens with zero attached hydrogens (tertiary/aromatic N) is 4. The summed E-state index contributed by atoms with van der Waals surface area (Å²) in [6, 6.07) is 2.33. The number of anilines is 1. The maximum Gasteiger partial charge on any atom is 0.410 e. The quantitative estimate of drug-likeness (QED) is 0.0847. The van der Waals surface area contributed by atoms with Gasteiger partial charge in [0.15, 0.2) is 11.5 Å². The van der Waals surface area contributed by atoms with Crippen molar-refractivity contribution in [3.8, 4) is 5.75 Å². The molecule has 10 atom stereocenters. The van der Waals surface area contributed by atoms with E-state index in [4.69, 9.17) is 49.5 Å². The van der Waals surface area contributed by atoms with E-state index in [1.165, 1.54) is 57.0 Å². The van der Waals surface area contributed by atoms with E-state index in [-0.39, 0.29) is 56.1 Å². The number of rotatable bonds is 16. The van der Waals surface area contributed by atoms with Crippen LogP contribution >= 0.6 is 11.6 Å². The molecule has 21 nitrogen and oxygen atoms in total. The van der Waals surface area contributed by atoms with Gasteiger partial charge in [-0.1, -0.05) is 55.3 Å². The lowest BCUT2D eigenvalue weighted by molar-refractivity contribution is -0.162. The van der Waals surface area contributed by atoms with Crippen LogP contribution in [0.1, 0.15) is 91.5 Å². The predicted molar refractivity (Wildman–Crippen MR) is 275 cm³/mol. The van der Waals surface area contributed by atoms with Crippen LogP contribution in [0.25, 0.3) is 0 Å². The summed E-state index contributed by atoms with van der Waals surface area (Å²) < 4.78 is 46.1. The number of amides is 5. The Balaban J connectivity index is 1.20. The Morgan fingerprint density at radius 2 is 1.73 bits per heavy atom. The normalized spacial score (nSPS) is 28.9. The number of carbonyl (C=O) groups excluding carboxylic acids is 7. The minimum absolute atomic E-state index is 0.0492. The zero-order valence-electron chi connectivity index (χ0n) is 45.1. The number of Topliss-reactive ketones (excluding diaryl/α,β-unsaturated/α-hetero) is 1. The maximum absolute atomic E-state index is 14.3. The Hall–Kier alpha value is -5.74. The van der Waals surface area contributed by atoms with E-state index in [0.717, 1.165) is 28.9 Å². The molecule has 0 radical (unpaired) electrons. The van der Waals surface area contributed by atoms with E-state index in [2.05, 4.69) is 5.32 Å². The fourth-order valence-electron chi connectivity index (χ4n) is 9.14. The second-order valence-electron chi connectivity index (χ2n) is 20.0. The summed E-state index contributed by atoms with van der Waals surface area (Å²) in [4.78, 5) is 97.4. The first-order valence-corrected chi connectivity index (χ1v) is 25.8. The van der Waals surface area contributed by atoms with E-state index in [0.29, 0.717) is 37.1 Å². The molecule has 5 rings (SSSR count). The molecule has 1 aromatic rings. The Bertz CT molecular complexity index is 2330. The highest BCUT2D eigenvalue weighted by Gasteiger charge is 2.64. The van der Waals surface area contributed by atoms with Crippen molar-refractivity contribution in [2.45, 2.75) is 146 Å². The average molecular weight is 1070 g/mol. The van der Waals surface area contributed by atoms with Gasteiger partial charge < -0.3 is 62.6 Å². The smallest absolute Gasteiger partial charge is 0.410 e. The molecule has 2 unspecified atom stereocenters. The van der Waals surface area contributed by atoms with Crippen LogP contribution in [-0.2, 0) is 58.8 Å². The molecule has 0 saturated carbocycles. The number of fused-ring (bicyclic) bond motifs is 5. The molecule has 2 N–H and O–H groups in total. The molecule has 5 amide bonds. The topological polar surface area (TPSA) is 242 Å². The monoisotopic (exact) mass is 1070 g/mol. The first-order chi connectivity index (χ1) is 35.4. The highest BCUT2D eigenvalue weighted by Crippen LogP contribution is 2.49. The lowest BCUT2D eigenvalue weighted by Crippen LogP contribution is -2.63. The summed E-state index contributed by atoms with van der Waals surface area (Å²) in [7, 11) is 8.85. The number of likely N-dealkylation sites (N-methyl/N-ethyl adjacent to an activating group) is 3. The van der Waals surface area contributed by atoms with Crippen molar-refractivity contribution in [3.63, 3.8) is 0 Å². The summed E-state index contributed by atoms with van der Waals surface area (Å²) in [5, 5.41) is 14.5. The molecule has 1 aliphatic carbocycles. The third-order valence-electron chi connectivity index (χ3n) is 14.4. The van der Waals surface area contributed by atoms with E-state index >= 15 is 0 Å². The summed E-state index contributed by atoms with van der Waals surface area (Å²) in [5.74, 6) is -2.15. The number of hydrogen-bond donors (Lipinski definition) is 2. The number of epoxide rings is 1. The number of methoxy groups -OCH3 is 2. The van der Waals surface area contributed by atoms with Gasteiger partial charge in [-0.05, 0) is 76.6 Å². The number of aliphatic hydroxyl groups is 1. The average Bonchev–Trinajstić information content (AvgIpc) is 4.07. The van der Waals surface area contributed by atoms with Crippen LogP contribution in [0.15, 0.2) is 48.1 Å². The van der Waals surface area contributed by atoms with Gasteiger partial charge in [-0.2, -0.15) is 0 Å². The molecule has 4 bridgehead atoms. The molecule has 3 heterocycles. The first kappa shape index (κ1) is 60.1. The van der Waals surface area contributed by atoms with Crippen molar-refractivity contribution in [1.82, 2.24) is 20.0 Å². The number of nitrogens with one attached hydrogen (secondary N) is 1. The van der Waals surface area contributed by atoms with E-state index in [1.54, 1.807) is 52.1 Å². The highest BCUT2D eigenvalue weighted by molar-refractivity contribution is 6.35. The van der Waals surface area contributed by atoms with Gasteiger partial charge in [-0.3, -0.25) is 19.7 Å². The molecular formula is C53H76ClN5O16. The van der Waals surface area contributed by atoms with Crippen LogP contribution in [0.5, 0.6) is 5.75 Å². The Morgan fingerprint density at radius 1 is 1.03 bits per heavy atom. The van der Waals surface area contributed by atoms with Gasteiger partial charge >= 0.3 is 24.2 Å². The van der Waals surface area contributed by atoms with Gasteiger partial charge in [0.25, 0.3) is 0 Å². The zero-order chi connectivity index (χ0) is 55.4. The van der Waals surface area contributed by atoms with E-state index < -0.39 is 96.3 Å². The van der Waals surface area contributed by atoms with Crippen molar-refractivity contribution in [1.29, 1.82) is 0 Å². The minimum Gasteiger partial charge on any atom is -0.495 e. The second-order valence-corrected chi connectivity index (χ2v) is 20.3. The lowest BCUT2D eigenvalue weighted by atomic mass is 9.83. The molecule has 4 aliphatic rings. The molecule has 2 saturated heterocycles. The number of alkyl carbamates (subject to hydrolysis) is 1. The number of benzene rings is 1. The van der Waals surface area contributed by atoms with Crippen LogP contribution in [-0.4, -0.2) is 184 Å². The van der Waals surface area contributed by atoms with Gasteiger partial charge in [0.2, 0.25) is 11.8 Å². The van der Waals surface area contributed by atoms with Gasteiger partial charge in [-0.25, -0.2) is 19.2 Å². The summed E-state index contributed by atoms with van der Waals surface area (Å²) >= 11 is 6.81. The molecule has 1 aromatic carbocycles. The highest BCUT2D eigenvalue weighted by atomic mass is 35.5. The summed E-state index contributed by atoms with van der Waals surface area (Å²) in [6.45, 7) is 8.58. The molecule has 0 aromatic heterocycles. The molecule has 75 heavy (non-hydrogen) atoms. The maximum atomic E-state index is 14.3. The van der Waals surface area contributed by atoms with Gasteiger partial charge in [0.1, 0.15) is 60.0 Å². The van der Waals surface area contributed by atoms with Crippen LogP contribution < -0.4 is 15.0 Å². The third-order valence-corrected chi connectivity index (χ3v) is 14.7. The number of halogens is 1. The van der Waals surface area contributed by atoms with Crippen molar-refractivity contribution in [3.05, 3.63) is 58.7 Å². The Kier molecular flexibility index (Phi) is 21.5. The molecular weight excluding hydrogens is 998 g/mol. The lowest BCUT2D eigenvalue weighted by Gasteiger charge is -2.42. The summed E-state index contributed by atoms with van der Waals surface area (Å²) in [5.41, 5.74) is -1.22. The van der Waals surface area contributed by atoms with Crippen LogP contribution in [0.3, 0.4) is 0 Å². The number of hydrogen-bond acceptors (Lipinski definition) is 16. The van der Waals surface area contributed by atoms with Crippen LogP contribution in [0, 0.1) is 5.92 Å². The minimum atomic E-state index is -1.89. The van der Waals surface area contributed by atoms with Gasteiger partial charge in [0, 0.05) is 67.1 Å². The largest absolute Gasteiger partial charge is 0.495 e. The standard InChI is InChI=1S/C53H76ClN5O16/c1-12-36(60)31-71-37-17-14-19-38(20-15-18-37)72-51(66)57(7)24-23-56(6)50(65)70-25-22-44(61)58(8)34(4)48(63)74-43-29-45(62)59(9)39-27-35(28-40(68-10)46(39)54)26-32(2)16-13-21-42(69-11)53(67)30-41(73-49(64)55-53)33(3)47-52(43,5)75-47/h13-14,16,19,21,27-28,33-34,37-38,41-43,47,67H,12,15,17-18,20,22-26,29-31H2,1-11H3,(H,55,64)/b19-14+,21-13+,32-16+/t33-,34+,37?,38?,41+,42-,43+,47+,52+,53+/m1/s1. The molecule has 2 fully saturated rings. The van der Waals surface area contributed by atoms with E-state index in [9.17, 15) is 38.7 Å².